The minimum atomic E-state index is 0.197. The Morgan fingerprint density at radius 1 is 1.27 bits per heavy atom. The van der Waals surface area contributed by atoms with E-state index in [9.17, 15) is 0 Å². The Morgan fingerprint density at radius 2 is 2.00 bits per heavy atom. The number of ether oxygens (including phenoxy) is 3. The molecule has 0 N–H and O–H groups in total. The van der Waals surface area contributed by atoms with E-state index >= 15 is 0 Å². The minimum Gasteiger partial charge on any atom is -0.493 e. The fourth-order valence-corrected chi connectivity index (χ4v) is 2.04. The zero-order valence-electron chi connectivity index (χ0n) is 8.55. The third-order valence-electron chi connectivity index (χ3n) is 1.76. The summed E-state index contributed by atoms with van der Waals surface area (Å²) in [6.07, 6.45) is 0. The summed E-state index contributed by atoms with van der Waals surface area (Å²) in [6.45, 7) is 0.197. The highest BCUT2D eigenvalue weighted by Crippen LogP contribution is 2.37. The van der Waals surface area contributed by atoms with Crippen LogP contribution in [0, 0.1) is 0 Å². The molecule has 0 aliphatic heterocycles. The van der Waals surface area contributed by atoms with E-state index in [4.69, 9.17) is 14.2 Å². The van der Waals surface area contributed by atoms with Crippen LogP contribution in [0.1, 0.15) is 5.56 Å². The largest absolute Gasteiger partial charge is 0.493 e. The van der Waals surface area contributed by atoms with Gasteiger partial charge in [0.1, 0.15) is 0 Å². The lowest BCUT2D eigenvalue weighted by Gasteiger charge is -2.12. The van der Waals surface area contributed by atoms with Gasteiger partial charge in [-0.05, 0) is 33.6 Å². The maximum Gasteiger partial charge on any atom is 0.188 e. The van der Waals surface area contributed by atoms with Gasteiger partial charge in [-0.15, -0.1) is 0 Å². The maximum atomic E-state index is 5.40. The maximum absolute atomic E-state index is 5.40. The molecule has 0 saturated heterocycles. The fraction of sp³-hybridized carbons (Fsp3) is 0.400. The van der Waals surface area contributed by atoms with Gasteiger partial charge in [-0.25, -0.2) is 0 Å². The van der Waals surface area contributed by atoms with Crippen molar-refractivity contribution < 1.29 is 14.2 Å². The second kappa shape index (κ2) is 6.35. The Kier molecular flexibility index (Phi) is 5.42. The van der Waals surface area contributed by atoms with Crippen molar-refractivity contribution in [3.8, 4) is 11.5 Å². The first-order chi connectivity index (χ1) is 7.22. The molecular weight excluding hydrogens is 328 g/mol. The van der Waals surface area contributed by atoms with Crippen molar-refractivity contribution >= 4 is 31.9 Å². The number of hydrogen-bond donors (Lipinski definition) is 0. The molecule has 0 spiro atoms. The zero-order valence-corrected chi connectivity index (χ0v) is 11.7. The molecule has 0 unspecified atom stereocenters. The standard InChI is InChI=1S/C10H12Br2O3/c1-13-6-15-10-8(12)3-7(5-11)4-9(10)14-2/h3-4H,5-6H2,1-2H3. The van der Waals surface area contributed by atoms with Gasteiger partial charge < -0.3 is 14.2 Å². The molecule has 1 rings (SSSR count). The van der Waals surface area contributed by atoms with Gasteiger partial charge in [-0.3, -0.25) is 0 Å². The Balaban J connectivity index is 3.01. The first-order valence-electron chi connectivity index (χ1n) is 4.27. The van der Waals surface area contributed by atoms with Crippen LogP contribution in [0.2, 0.25) is 0 Å². The van der Waals surface area contributed by atoms with Crippen LogP contribution in [-0.4, -0.2) is 21.0 Å². The molecule has 1 aromatic carbocycles. The second-order valence-electron chi connectivity index (χ2n) is 2.79. The molecule has 0 amide bonds. The van der Waals surface area contributed by atoms with E-state index in [1.807, 2.05) is 12.1 Å². The SMILES string of the molecule is COCOc1c(Br)cc(CBr)cc1OC. The van der Waals surface area contributed by atoms with E-state index in [1.54, 1.807) is 14.2 Å². The summed E-state index contributed by atoms with van der Waals surface area (Å²) in [4.78, 5) is 0. The number of rotatable bonds is 5. The van der Waals surface area contributed by atoms with E-state index in [0.29, 0.717) is 11.5 Å². The molecule has 0 aliphatic carbocycles. The molecule has 5 heteroatoms. The zero-order chi connectivity index (χ0) is 11.3. The first kappa shape index (κ1) is 12.8. The van der Waals surface area contributed by atoms with Gasteiger partial charge >= 0.3 is 0 Å². The highest BCUT2D eigenvalue weighted by Gasteiger charge is 2.10. The van der Waals surface area contributed by atoms with Gasteiger partial charge in [0.05, 0.1) is 11.6 Å². The lowest BCUT2D eigenvalue weighted by molar-refractivity contribution is 0.0486. The van der Waals surface area contributed by atoms with Crippen molar-refractivity contribution in [2.24, 2.45) is 0 Å². The molecule has 15 heavy (non-hydrogen) atoms. The highest BCUT2D eigenvalue weighted by molar-refractivity contribution is 9.10. The third-order valence-corrected chi connectivity index (χ3v) is 3.00. The number of halogens is 2. The molecule has 84 valence electrons. The molecular formula is C10H12Br2O3. The van der Waals surface area contributed by atoms with Gasteiger partial charge in [0.25, 0.3) is 0 Å². The molecule has 0 aromatic heterocycles. The van der Waals surface area contributed by atoms with Gasteiger partial charge in [0.2, 0.25) is 0 Å². The van der Waals surface area contributed by atoms with Crippen LogP contribution in [0.15, 0.2) is 16.6 Å². The van der Waals surface area contributed by atoms with Gasteiger partial charge in [0.15, 0.2) is 18.3 Å². The number of hydrogen-bond acceptors (Lipinski definition) is 3. The predicted octanol–water partition coefficient (Wildman–Crippen LogP) is 3.34. The summed E-state index contributed by atoms with van der Waals surface area (Å²) in [7, 11) is 3.19. The molecule has 0 fully saturated rings. The summed E-state index contributed by atoms with van der Waals surface area (Å²) < 4.78 is 16.3. The Labute approximate surface area is 106 Å². The van der Waals surface area contributed by atoms with Crippen molar-refractivity contribution in [3.63, 3.8) is 0 Å². The Hall–Kier alpha value is -0.260. The lowest BCUT2D eigenvalue weighted by Crippen LogP contribution is -2.02. The predicted molar refractivity (Wildman–Crippen MR) is 65.8 cm³/mol. The number of benzene rings is 1. The monoisotopic (exact) mass is 338 g/mol. The average Bonchev–Trinajstić information content (AvgIpc) is 2.26. The van der Waals surface area contributed by atoms with Crippen LogP contribution in [-0.2, 0) is 10.1 Å². The van der Waals surface area contributed by atoms with Crippen LogP contribution in [0.5, 0.6) is 11.5 Å². The van der Waals surface area contributed by atoms with E-state index in [2.05, 4.69) is 31.9 Å². The lowest BCUT2D eigenvalue weighted by atomic mass is 10.2. The highest BCUT2D eigenvalue weighted by atomic mass is 79.9. The molecule has 0 saturated carbocycles. The fourth-order valence-electron chi connectivity index (χ4n) is 1.11. The van der Waals surface area contributed by atoms with Crippen LogP contribution in [0.25, 0.3) is 0 Å². The van der Waals surface area contributed by atoms with E-state index in [1.165, 1.54) is 0 Å². The van der Waals surface area contributed by atoms with Crippen LogP contribution < -0.4 is 9.47 Å². The normalized spacial score (nSPS) is 10.1. The quantitative estimate of drug-likeness (QED) is 0.608. The van der Waals surface area contributed by atoms with Crippen LogP contribution in [0.3, 0.4) is 0 Å². The van der Waals surface area contributed by atoms with Gasteiger partial charge in [-0.2, -0.15) is 0 Å². The molecule has 0 radical (unpaired) electrons. The third kappa shape index (κ3) is 3.36. The smallest absolute Gasteiger partial charge is 0.188 e. The molecule has 0 aliphatic rings. The molecule has 0 bridgehead atoms. The van der Waals surface area contributed by atoms with Crippen molar-refractivity contribution in [2.75, 3.05) is 21.0 Å². The van der Waals surface area contributed by atoms with Crippen molar-refractivity contribution in [2.45, 2.75) is 5.33 Å². The summed E-state index contributed by atoms with van der Waals surface area (Å²) >= 11 is 6.82. The Bertz CT molecular complexity index is 329. The number of alkyl halides is 1. The average molecular weight is 340 g/mol. The summed E-state index contributed by atoms with van der Waals surface area (Å²) in [6, 6.07) is 3.90. The molecule has 1 aromatic rings. The summed E-state index contributed by atoms with van der Waals surface area (Å²) in [5.41, 5.74) is 1.11. The van der Waals surface area contributed by atoms with Gasteiger partial charge in [-0.1, -0.05) is 15.9 Å². The topological polar surface area (TPSA) is 27.7 Å². The van der Waals surface area contributed by atoms with E-state index in [-0.39, 0.29) is 6.79 Å². The van der Waals surface area contributed by atoms with Crippen LogP contribution >= 0.6 is 31.9 Å². The Morgan fingerprint density at radius 3 is 2.53 bits per heavy atom. The summed E-state index contributed by atoms with van der Waals surface area (Å²) in [5.74, 6) is 1.35. The minimum absolute atomic E-state index is 0.197. The van der Waals surface area contributed by atoms with Gasteiger partial charge in [0, 0.05) is 12.4 Å². The van der Waals surface area contributed by atoms with Crippen molar-refractivity contribution in [3.05, 3.63) is 22.2 Å². The van der Waals surface area contributed by atoms with E-state index < -0.39 is 0 Å². The molecule has 0 heterocycles. The second-order valence-corrected chi connectivity index (χ2v) is 4.21. The summed E-state index contributed by atoms with van der Waals surface area (Å²) in [5, 5.41) is 0.770. The molecule has 0 atom stereocenters. The van der Waals surface area contributed by atoms with Crippen molar-refractivity contribution in [1.82, 2.24) is 0 Å². The van der Waals surface area contributed by atoms with Crippen molar-refractivity contribution in [1.29, 1.82) is 0 Å². The van der Waals surface area contributed by atoms with Crippen LogP contribution in [0.4, 0.5) is 0 Å². The molecule has 3 nitrogen and oxygen atoms in total. The van der Waals surface area contributed by atoms with E-state index in [0.717, 1.165) is 15.4 Å². The first-order valence-corrected chi connectivity index (χ1v) is 6.18. The number of methoxy groups -OCH3 is 2.